The maximum absolute atomic E-state index is 9.50. The van der Waals surface area contributed by atoms with E-state index in [0.717, 1.165) is 30.7 Å². The molecule has 3 rings (SSSR count). The minimum atomic E-state index is -0.0576. The van der Waals surface area contributed by atoms with E-state index in [9.17, 15) is 5.11 Å². The van der Waals surface area contributed by atoms with Gasteiger partial charge in [0.25, 0.3) is 0 Å². The molecule has 22 heavy (non-hydrogen) atoms. The van der Waals surface area contributed by atoms with E-state index in [4.69, 9.17) is 12.2 Å². The molecule has 0 radical (unpaired) electrons. The van der Waals surface area contributed by atoms with Crippen molar-refractivity contribution < 1.29 is 5.11 Å². The van der Waals surface area contributed by atoms with Crippen LogP contribution in [0.15, 0.2) is 30.3 Å². The molecule has 5 nitrogen and oxygen atoms in total. The highest BCUT2D eigenvalue weighted by molar-refractivity contribution is 7.71. The van der Waals surface area contributed by atoms with Crippen molar-refractivity contribution >= 4 is 12.2 Å². The third-order valence-corrected chi connectivity index (χ3v) is 4.43. The van der Waals surface area contributed by atoms with Crippen molar-refractivity contribution in [2.45, 2.75) is 45.6 Å². The van der Waals surface area contributed by atoms with Crippen LogP contribution in [0.4, 0.5) is 0 Å². The van der Waals surface area contributed by atoms with Crippen LogP contribution < -0.4 is 0 Å². The van der Waals surface area contributed by atoms with E-state index in [0.29, 0.717) is 18.5 Å². The van der Waals surface area contributed by atoms with E-state index in [1.54, 1.807) is 0 Å². The Morgan fingerprint density at radius 1 is 1.32 bits per heavy atom. The second kappa shape index (κ2) is 6.73. The highest BCUT2D eigenvalue weighted by Gasteiger charge is 2.28. The minimum Gasteiger partial charge on any atom is -0.388 e. The van der Waals surface area contributed by atoms with Crippen LogP contribution in [0, 0.1) is 4.77 Å². The number of nitrogens with zero attached hydrogens (tertiary/aromatic N) is 4. The van der Waals surface area contributed by atoms with Gasteiger partial charge in [0.15, 0.2) is 10.6 Å². The van der Waals surface area contributed by atoms with Crippen molar-refractivity contribution in [3.8, 4) is 0 Å². The number of aliphatic hydroxyl groups is 1. The summed E-state index contributed by atoms with van der Waals surface area (Å²) < 4.78 is 4.58. The first-order chi connectivity index (χ1) is 10.7. The standard InChI is InChI=1S/C16H22N4OS/c1-2-18(10-13-6-4-3-5-7-13)12-19-16(22)20(14-8-9-14)15(11-21)17-19/h3-7,14,21H,2,8-12H2,1H3. The van der Waals surface area contributed by atoms with Crippen LogP contribution in [0.5, 0.6) is 0 Å². The molecule has 1 aliphatic rings. The van der Waals surface area contributed by atoms with Crippen LogP contribution in [0.1, 0.15) is 37.2 Å². The highest BCUT2D eigenvalue weighted by atomic mass is 32.1. The zero-order valence-corrected chi connectivity index (χ0v) is 13.7. The first-order valence-corrected chi connectivity index (χ1v) is 8.19. The molecule has 0 bridgehead atoms. The second-order valence-electron chi connectivity index (χ2n) is 5.73. The molecule has 0 saturated heterocycles. The fourth-order valence-electron chi connectivity index (χ4n) is 2.66. The summed E-state index contributed by atoms with van der Waals surface area (Å²) in [4.78, 5) is 2.29. The monoisotopic (exact) mass is 318 g/mol. The van der Waals surface area contributed by atoms with E-state index < -0.39 is 0 Å². The molecule has 2 aromatic rings. The zero-order chi connectivity index (χ0) is 15.5. The van der Waals surface area contributed by atoms with Gasteiger partial charge in [0, 0.05) is 12.6 Å². The number of hydrogen-bond acceptors (Lipinski definition) is 4. The van der Waals surface area contributed by atoms with E-state index in [-0.39, 0.29) is 6.61 Å². The first kappa shape index (κ1) is 15.4. The van der Waals surface area contributed by atoms with Crippen molar-refractivity contribution in [2.75, 3.05) is 6.54 Å². The second-order valence-corrected chi connectivity index (χ2v) is 6.09. The van der Waals surface area contributed by atoms with Crippen LogP contribution in [0.25, 0.3) is 0 Å². The van der Waals surface area contributed by atoms with Crippen molar-refractivity contribution in [1.29, 1.82) is 0 Å². The minimum absolute atomic E-state index is 0.0576. The van der Waals surface area contributed by atoms with Gasteiger partial charge in [-0.25, -0.2) is 4.68 Å². The van der Waals surface area contributed by atoms with Crippen LogP contribution in [-0.2, 0) is 19.8 Å². The van der Waals surface area contributed by atoms with Gasteiger partial charge in [-0.1, -0.05) is 37.3 Å². The van der Waals surface area contributed by atoms with Gasteiger partial charge in [-0.3, -0.25) is 9.47 Å². The molecular formula is C16H22N4OS. The predicted molar refractivity (Wildman–Crippen MR) is 87.8 cm³/mol. The summed E-state index contributed by atoms with van der Waals surface area (Å²) in [5, 5.41) is 14.0. The molecule has 118 valence electrons. The van der Waals surface area contributed by atoms with Crippen molar-refractivity contribution in [1.82, 2.24) is 19.2 Å². The van der Waals surface area contributed by atoms with Gasteiger partial charge in [-0.2, -0.15) is 5.10 Å². The molecule has 1 aromatic carbocycles. The summed E-state index contributed by atoms with van der Waals surface area (Å²) in [6.07, 6.45) is 2.27. The average molecular weight is 318 g/mol. The Kier molecular flexibility index (Phi) is 4.71. The molecule has 1 saturated carbocycles. The maximum atomic E-state index is 9.50. The van der Waals surface area contributed by atoms with Crippen LogP contribution in [-0.4, -0.2) is 30.9 Å². The zero-order valence-electron chi connectivity index (χ0n) is 12.9. The Bertz CT molecular complexity index is 675. The Balaban J connectivity index is 1.77. The number of aromatic nitrogens is 3. The molecule has 1 fully saturated rings. The predicted octanol–water partition coefficient (Wildman–Crippen LogP) is 2.72. The van der Waals surface area contributed by atoms with E-state index in [1.165, 1.54) is 5.56 Å². The summed E-state index contributed by atoms with van der Waals surface area (Å²) in [5.41, 5.74) is 1.28. The third kappa shape index (κ3) is 3.29. The number of rotatable bonds is 7. The van der Waals surface area contributed by atoms with Gasteiger partial charge in [0.1, 0.15) is 6.61 Å². The Morgan fingerprint density at radius 2 is 2.05 bits per heavy atom. The smallest absolute Gasteiger partial charge is 0.199 e. The summed E-state index contributed by atoms with van der Waals surface area (Å²) in [6, 6.07) is 10.8. The number of benzene rings is 1. The van der Waals surface area contributed by atoms with Gasteiger partial charge in [-0.15, -0.1) is 0 Å². The fraction of sp³-hybridized carbons (Fsp3) is 0.500. The summed E-state index contributed by atoms with van der Waals surface area (Å²) >= 11 is 5.55. The van der Waals surface area contributed by atoms with Gasteiger partial charge >= 0.3 is 0 Å². The average Bonchev–Trinajstić information content (AvgIpc) is 3.33. The largest absolute Gasteiger partial charge is 0.388 e. The Labute approximate surface area is 135 Å². The van der Waals surface area contributed by atoms with E-state index in [2.05, 4.69) is 41.2 Å². The van der Waals surface area contributed by atoms with Gasteiger partial charge in [0.2, 0.25) is 0 Å². The quantitative estimate of drug-likeness (QED) is 0.797. The van der Waals surface area contributed by atoms with Crippen LogP contribution in [0.2, 0.25) is 0 Å². The molecule has 0 aliphatic heterocycles. The van der Waals surface area contributed by atoms with E-state index >= 15 is 0 Å². The molecule has 0 atom stereocenters. The molecule has 1 aliphatic carbocycles. The Hall–Kier alpha value is -1.50. The Morgan fingerprint density at radius 3 is 2.64 bits per heavy atom. The van der Waals surface area contributed by atoms with Crippen molar-refractivity contribution in [2.24, 2.45) is 0 Å². The number of hydrogen-bond donors (Lipinski definition) is 1. The van der Waals surface area contributed by atoms with Crippen LogP contribution >= 0.6 is 12.2 Å². The van der Waals surface area contributed by atoms with Crippen LogP contribution in [0.3, 0.4) is 0 Å². The fourth-order valence-corrected chi connectivity index (χ4v) is 3.01. The molecule has 1 heterocycles. The molecule has 0 spiro atoms. The lowest BCUT2D eigenvalue weighted by Gasteiger charge is -2.20. The SMILES string of the molecule is CCN(Cc1ccccc1)Cn1nc(CO)n(C2CC2)c1=S. The lowest BCUT2D eigenvalue weighted by Crippen LogP contribution is -2.26. The molecule has 0 unspecified atom stereocenters. The lowest BCUT2D eigenvalue weighted by atomic mass is 10.2. The molecular weight excluding hydrogens is 296 g/mol. The summed E-state index contributed by atoms with van der Waals surface area (Å²) in [6.45, 7) is 4.51. The van der Waals surface area contributed by atoms with Gasteiger partial charge < -0.3 is 5.11 Å². The van der Waals surface area contributed by atoms with Crippen molar-refractivity contribution in [3.63, 3.8) is 0 Å². The maximum Gasteiger partial charge on any atom is 0.199 e. The normalized spacial score (nSPS) is 14.7. The van der Waals surface area contributed by atoms with Crippen molar-refractivity contribution in [3.05, 3.63) is 46.5 Å². The van der Waals surface area contributed by atoms with Gasteiger partial charge in [-0.05, 0) is 37.2 Å². The third-order valence-electron chi connectivity index (χ3n) is 4.02. The lowest BCUT2D eigenvalue weighted by molar-refractivity contribution is 0.205. The topological polar surface area (TPSA) is 46.2 Å². The first-order valence-electron chi connectivity index (χ1n) is 7.78. The summed E-state index contributed by atoms with van der Waals surface area (Å²) in [5.74, 6) is 0.684. The summed E-state index contributed by atoms with van der Waals surface area (Å²) in [7, 11) is 0. The van der Waals surface area contributed by atoms with E-state index in [1.807, 2.05) is 15.3 Å². The molecule has 1 aromatic heterocycles. The molecule has 1 N–H and O–H groups in total. The number of aliphatic hydroxyl groups excluding tert-OH is 1. The molecule has 0 amide bonds. The molecule has 6 heteroatoms. The highest BCUT2D eigenvalue weighted by Crippen LogP contribution is 2.36. The van der Waals surface area contributed by atoms with Gasteiger partial charge in [0.05, 0.1) is 6.67 Å².